The number of hydrogen-bond donors (Lipinski definition) is 1. The Morgan fingerprint density at radius 1 is 1.50 bits per heavy atom. The number of rotatable bonds is 6. The third-order valence-electron chi connectivity index (χ3n) is 2.58. The van der Waals surface area contributed by atoms with E-state index in [0.717, 1.165) is 30.8 Å². The highest BCUT2D eigenvalue weighted by atomic mass is 16.5. The van der Waals surface area contributed by atoms with Gasteiger partial charge in [0.1, 0.15) is 0 Å². The molecule has 0 saturated carbocycles. The lowest BCUT2D eigenvalue weighted by molar-refractivity contribution is 0.391. The Hall–Kier alpha value is -1.03. The lowest BCUT2D eigenvalue weighted by Crippen LogP contribution is -2.19. The smallest absolute Gasteiger partial charge is 0.161 e. The van der Waals surface area contributed by atoms with Crippen molar-refractivity contribution in [3.05, 3.63) is 11.9 Å². The van der Waals surface area contributed by atoms with Crippen LogP contribution >= 0.6 is 0 Å². The van der Waals surface area contributed by atoms with E-state index in [1.165, 1.54) is 0 Å². The second kappa shape index (κ2) is 5.89. The predicted molar refractivity (Wildman–Crippen MR) is 65.5 cm³/mol. The Morgan fingerprint density at radius 3 is 2.69 bits per heavy atom. The van der Waals surface area contributed by atoms with Crippen LogP contribution in [0.1, 0.15) is 45.3 Å². The van der Waals surface area contributed by atoms with E-state index in [1.54, 1.807) is 13.3 Å². The summed E-state index contributed by atoms with van der Waals surface area (Å²) >= 11 is 0. The molecule has 92 valence electrons. The van der Waals surface area contributed by atoms with E-state index in [1.807, 2.05) is 4.68 Å². The molecule has 0 aliphatic rings. The second-order valence-electron chi connectivity index (χ2n) is 4.56. The van der Waals surface area contributed by atoms with Crippen LogP contribution in [0.15, 0.2) is 6.20 Å². The van der Waals surface area contributed by atoms with Gasteiger partial charge in [0.2, 0.25) is 0 Å². The highest BCUT2D eigenvalue weighted by molar-refractivity contribution is 5.28. The van der Waals surface area contributed by atoms with Crippen LogP contribution < -0.4 is 10.5 Å². The molecule has 0 aliphatic carbocycles. The van der Waals surface area contributed by atoms with Gasteiger partial charge in [-0.25, -0.2) is 0 Å². The minimum Gasteiger partial charge on any atom is -0.493 e. The van der Waals surface area contributed by atoms with E-state index >= 15 is 0 Å². The van der Waals surface area contributed by atoms with Crippen molar-refractivity contribution < 1.29 is 4.74 Å². The van der Waals surface area contributed by atoms with Crippen molar-refractivity contribution >= 4 is 0 Å². The van der Waals surface area contributed by atoms with Crippen LogP contribution in [0.4, 0.5) is 0 Å². The summed E-state index contributed by atoms with van der Waals surface area (Å²) in [4.78, 5) is 0. The van der Waals surface area contributed by atoms with Gasteiger partial charge in [-0.15, -0.1) is 0 Å². The van der Waals surface area contributed by atoms with Crippen molar-refractivity contribution in [2.75, 3.05) is 7.11 Å². The molecule has 2 N–H and O–H groups in total. The molecule has 1 rings (SSSR count). The average Bonchev–Trinajstić information content (AvgIpc) is 2.60. The molecule has 0 fully saturated rings. The maximum Gasteiger partial charge on any atom is 0.161 e. The molecular formula is C12H23N3O. The van der Waals surface area contributed by atoms with Gasteiger partial charge in [-0.3, -0.25) is 4.68 Å². The summed E-state index contributed by atoms with van der Waals surface area (Å²) in [5, 5.41) is 4.32. The number of aryl methyl sites for hydroxylation is 1. The zero-order valence-corrected chi connectivity index (χ0v) is 10.7. The molecule has 0 bridgehead atoms. The predicted octanol–water partition coefficient (Wildman–Crippen LogP) is 2.35. The Morgan fingerprint density at radius 2 is 2.19 bits per heavy atom. The van der Waals surface area contributed by atoms with Crippen LogP contribution in [0.2, 0.25) is 0 Å². The van der Waals surface area contributed by atoms with Crippen LogP contribution in [-0.4, -0.2) is 16.9 Å². The van der Waals surface area contributed by atoms with E-state index in [-0.39, 0.29) is 6.04 Å². The maximum absolute atomic E-state index is 6.21. The fourth-order valence-electron chi connectivity index (χ4n) is 1.92. The summed E-state index contributed by atoms with van der Waals surface area (Å²) in [6.45, 7) is 7.37. The monoisotopic (exact) mass is 225 g/mol. The molecule has 0 aliphatic heterocycles. The quantitative estimate of drug-likeness (QED) is 0.808. The highest BCUT2D eigenvalue weighted by Crippen LogP contribution is 2.27. The number of nitrogens with two attached hydrogens (primary N) is 1. The highest BCUT2D eigenvalue weighted by Gasteiger charge is 2.19. The van der Waals surface area contributed by atoms with Gasteiger partial charge in [-0.05, 0) is 18.8 Å². The maximum atomic E-state index is 6.21. The molecule has 1 atom stereocenters. The van der Waals surface area contributed by atoms with E-state index < -0.39 is 0 Å². The molecule has 1 unspecified atom stereocenters. The fraction of sp³-hybridized carbons (Fsp3) is 0.750. The van der Waals surface area contributed by atoms with Gasteiger partial charge >= 0.3 is 0 Å². The van der Waals surface area contributed by atoms with Gasteiger partial charge in [-0.2, -0.15) is 5.10 Å². The molecule has 16 heavy (non-hydrogen) atoms. The first-order chi connectivity index (χ1) is 7.60. The van der Waals surface area contributed by atoms with E-state index in [0.29, 0.717) is 5.92 Å². The standard InChI is InChI=1S/C12H23N3O/c1-5-6-15-12(10(13)7-9(2)3)11(16-4)8-14-15/h8-10H,5-7,13H2,1-4H3. The number of hydrogen-bond acceptors (Lipinski definition) is 3. The molecule has 1 heterocycles. The van der Waals surface area contributed by atoms with E-state index in [2.05, 4.69) is 25.9 Å². The molecule has 1 aromatic rings. The summed E-state index contributed by atoms with van der Waals surface area (Å²) in [7, 11) is 1.67. The third kappa shape index (κ3) is 2.98. The Kier molecular flexibility index (Phi) is 4.80. The van der Waals surface area contributed by atoms with Gasteiger partial charge in [0, 0.05) is 6.54 Å². The van der Waals surface area contributed by atoms with Gasteiger partial charge in [-0.1, -0.05) is 20.8 Å². The number of nitrogens with zero attached hydrogens (tertiary/aromatic N) is 2. The van der Waals surface area contributed by atoms with Gasteiger partial charge in [0.25, 0.3) is 0 Å². The van der Waals surface area contributed by atoms with E-state index in [9.17, 15) is 0 Å². The van der Waals surface area contributed by atoms with Crippen molar-refractivity contribution in [1.82, 2.24) is 9.78 Å². The molecule has 0 radical (unpaired) electrons. The topological polar surface area (TPSA) is 53.1 Å². The van der Waals surface area contributed by atoms with E-state index in [4.69, 9.17) is 10.5 Å². The minimum atomic E-state index is 0.00370. The SMILES string of the molecule is CCCn1ncc(OC)c1C(N)CC(C)C. The number of methoxy groups -OCH3 is 1. The van der Waals surface area contributed by atoms with Crippen molar-refractivity contribution in [1.29, 1.82) is 0 Å². The van der Waals surface area contributed by atoms with Gasteiger partial charge < -0.3 is 10.5 Å². The van der Waals surface area contributed by atoms with Crippen LogP contribution in [0.25, 0.3) is 0 Å². The van der Waals surface area contributed by atoms with Crippen molar-refractivity contribution in [3.63, 3.8) is 0 Å². The van der Waals surface area contributed by atoms with Crippen LogP contribution in [0, 0.1) is 5.92 Å². The van der Waals surface area contributed by atoms with Crippen molar-refractivity contribution in [3.8, 4) is 5.75 Å². The fourth-order valence-corrected chi connectivity index (χ4v) is 1.92. The lowest BCUT2D eigenvalue weighted by Gasteiger charge is -2.17. The molecule has 0 spiro atoms. The second-order valence-corrected chi connectivity index (χ2v) is 4.56. The zero-order valence-electron chi connectivity index (χ0n) is 10.7. The molecule has 4 heteroatoms. The average molecular weight is 225 g/mol. The summed E-state index contributed by atoms with van der Waals surface area (Å²) in [5.41, 5.74) is 7.23. The molecule has 0 saturated heterocycles. The van der Waals surface area contributed by atoms with Crippen molar-refractivity contribution in [2.24, 2.45) is 11.7 Å². The number of ether oxygens (including phenoxy) is 1. The normalized spacial score (nSPS) is 13.1. The Bertz CT molecular complexity index is 320. The van der Waals surface area contributed by atoms with Gasteiger partial charge in [0.15, 0.2) is 5.75 Å². The Labute approximate surface area is 97.8 Å². The molecular weight excluding hydrogens is 202 g/mol. The first-order valence-corrected chi connectivity index (χ1v) is 5.95. The summed E-state index contributed by atoms with van der Waals surface area (Å²) < 4.78 is 7.28. The van der Waals surface area contributed by atoms with Gasteiger partial charge in [0.05, 0.1) is 25.0 Å². The molecule has 0 amide bonds. The zero-order chi connectivity index (χ0) is 12.1. The first-order valence-electron chi connectivity index (χ1n) is 5.95. The summed E-state index contributed by atoms with van der Waals surface area (Å²) in [5.74, 6) is 1.38. The summed E-state index contributed by atoms with van der Waals surface area (Å²) in [6.07, 6.45) is 3.75. The van der Waals surface area contributed by atoms with Crippen LogP contribution in [-0.2, 0) is 6.54 Å². The lowest BCUT2D eigenvalue weighted by atomic mass is 10.0. The molecule has 0 aromatic carbocycles. The van der Waals surface area contributed by atoms with Crippen molar-refractivity contribution in [2.45, 2.75) is 46.2 Å². The third-order valence-corrected chi connectivity index (χ3v) is 2.58. The summed E-state index contributed by atoms with van der Waals surface area (Å²) in [6, 6.07) is 0.00370. The molecule has 1 aromatic heterocycles. The largest absolute Gasteiger partial charge is 0.493 e. The Balaban J connectivity index is 2.92. The molecule has 4 nitrogen and oxygen atoms in total. The number of aromatic nitrogens is 2. The minimum absolute atomic E-state index is 0.00370. The van der Waals surface area contributed by atoms with Crippen LogP contribution in [0.5, 0.6) is 5.75 Å². The first kappa shape index (κ1) is 13.0. The van der Waals surface area contributed by atoms with Crippen LogP contribution in [0.3, 0.4) is 0 Å².